The Bertz CT molecular complexity index is 272. The second kappa shape index (κ2) is 7.40. The highest BCUT2D eigenvalue weighted by Gasteiger charge is 2.44. The minimum atomic E-state index is -2.68. The minimum absolute atomic E-state index is 0.610. The van der Waals surface area contributed by atoms with Crippen molar-refractivity contribution in [1.82, 2.24) is 0 Å². The van der Waals surface area contributed by atoms with Gasteiger partial charge in [0.05, 0.1) is 0 Å². The lowest BCUT2D eigenvalue weighted by molar-refractivity contribution is 0.132. The molecule has 18 heavy (non-hydrogen) atoms. The average molecular weight is 273 g/mol. The summed E-state index contributed by atoms with van der Waals surface area (Å²) < 4.78 is 16.8. The zero-order chi connectivity index (χ0) is 13.6. The molecule has 1 rings (SSSR count). The van der Waals surface area contributed by atoms with Gasteiger partial charge in [0.1, 0.15) is 0 Å². The van der Waals surface area contributed by atoms with E-state index < -0.39 is 8.80 Å². The van der Waals surface area contributed by atoms with E-state index in [2.05, 4.69) is 6.92 Å². The van der Waals surface area contributed by atoms with E-state index in [0.717, 1.165) is 25.2 Å². The molecule has 2 N–H and O–H groups in total. The molecule has 0 aromatic carbocycles. The molecule has 0 bridgehead atoms. The zero-order valence-corrected chi connectivity index (χ0v) is 13.1. The molecule has 5 heteroatoms. The van der Waals surface area contributed by atoms with Crippen molar-refractivity contribution in [1.29, 1.82) is 0 Å². The molecule has 1 aliphatic rings. The number of rotatable bonds is 6. The standard InChI is InChI=1S/C13H27NO3Si/c1-11-5-7-12(8-6-11)13(9-10-14)18(15-2,16-3)17-4/h11H,5-10,14H2,1-4H3. The highest BCUT2D eigenvalue weighted by atomic mass is 28.4. The molecule has 0 amide bonds. The molecule has 4 nitrogen and oxygen atoms in total. The Balaban J connectivity index is 3.02. The normalized spacial score (nSPS) is 21.2. The van der Waals surface area contributed by atoms with Crippen LogP contribution in [0.25, 0.3) is 0 Å². The minimum Gasteiger partial charge on any atom is -0.374 e. The van der Waals surface area contributed by atoms with Crippen LogP contribution in [0.4, 0.5) is 0 Å². The molecule has 0 unspecified atom stereocenters. The van der Waals surface area contributed by atoms with Crippen molar-refractivity contribution in [2.24, 2.45) is 11.7 Å². The first-order valence-electron chi connectivity index (χ1n) is 6.70. The van der Waals surface area contributed by atoms with Crippen LogP contribution in [0.15, 0.2) is 10.8 Å². The molecular weight excluding hydrogens is 246 g/mol. The van der Waals surface area contributed by atoms with Gasteiger partial charge in [0.25, 0.3) is 0 Å². The van der Waals surface area contributed by atoms with Gasteiger partial charge in [-0.15, -0.1) is 0 Å². The van der Waals surface area contributed by atoms with E-state index in [1.807, 2.05) is 0 Å². The largest absolute Gasteiger partial charge is 0.532 e. The second-order valence-electron chi connectivity index (χ2n) is 4.97. The number of hydrogen-bond acceptors (Lipinski definition) is 4. The van der Waals surface area contributed by atoms with Crippen LogP contribution in [0, 0.1) is 5.92 Å². The molecular formula is C13H27NO3Si. The van der Waals surface area contributed by atoms with Crippen LogP contribution in [0.3, 0.4) is 0 Å². The Labute approximate surface area is 112 Å². The predicted octanol–water partition coefficient (Wildman–Crippen LogP) is 2.26. The van der Waals surface area contributed by atoms with Gasteiger partial charge in [0.2, 0.25) is 0 Å². The van der Waals surface area contributed by atoms with Crippen molar-refractivity contribution < 1.29 is 13.3 Å². The number of hydrogen-bond donors (Lipinski definition) is 1. The SMILES string of the molecule is CO[Si](OC)(OC)C(CCN)=C1CCC(C)CC1. The zero-order valence-electron chi connectivity index (χ0n) is 12.1. The molecule has 0 aliphatic heterocycles. The van der Waals surface area contributed by atoms with Crippen LogP contribution in [-0.2, 0) is 13.3 Å². The molecule has 0 radical (unpaired) electrons. The summed E-state index contributed by atoms with van der Waals surface area (Å²) >= 11 is 0. The van der Waals surface area contributed by atoms with E-state index in [1.165, 1.54) is 23.6 Å². The quantitative estimate of drug-likeness (QED) is 0.754. The van der Waals surface area contributed by atoms with Gasteiger partial charge in [-0.05, 0) is 44.6 Å². The lowest BCUT2D eigenvalue weighted by Crippen LogP contribution is -2.47. The van der Waals surface area contributed by atoms with Crippen LogP contribution in [0.1, 0.15) is 39.0 Å². The fourth-order valence-electron chi connectivity index (χ4n) is 2.72. The average Bonchev–Trinajstić information content (AvgIpc) is 2.41. The lowest BCUT2D eigenvalue weighted by atomic mass is 9.86. The Morgan fingerprint density at radius 2 is 1.67 bits per heavy atom. The van der Waals surface area contributed by atoms with Crippen molar-refractivity contribution in [2.45, 2.75) is 39.0 Å². The van der Waals surface area contributed by atoms with Gasteiger partial charge in [0.15, 0.2) is 0 Å². The molecule has 0 aromatic heterocycles. The number of nitrogens with two attached hydrogens (primary N) is 1. The maximum Gasteiger partial charge on any atom is 0.532 e. The highest BCUT2D eigenvalue weighted by Crippen LogP contribution is 2.34. The Kier molecular flexibility index (Phi) is 6.52. The Morgan fingerprint density at radius 1 is 1.17 bits per heavy atom. The smallest absolute Gasteiger partial charge is 0.374 e. The molecule has 0 atom stereocenters. The van der Waals surface area contributed by atoms with Crippen molar-refractivity contribution in [3.8, 4) is 0 Å². The maximum atomic E-state index is 5.75. The summed E-state index contributed by atoms with van der Waals surface area (Å²) in [6, 6.07) is 0. The van der Waals surface area contributed by atoms with Gasteiger partial charge in [-0.2, -0.15) is 0 Å². The molecule has 0 saturated heterocycles. The van der Waals surface area contributed by atoms with E-state index in [4.69, 9.17) is 19.0 Å². The van der Waals surface area contributed by atoms with Gasteiger partial charge in [-0.25, -0.2) is 0 Å². The summed E-state index contributed by atoms with van der Waals surface area (Å²) in [6.45, 7) is 2.92. The molecule has 1 saturated carbocycles. The third-order valence-electron chi connectivity index (χ3n) is 3.87. The molecule has 0 aromatic rings. The summed E-state index contributed by atoms with van der Waals surface area (Å²) in [6.07, 6.45) is 5.55. The van der Waals surface area contributed by atoms with E-state index in [1.54, 1.807) is 21.3 Å². The van der Waals surface area contributed by atoms with Gasteiger partial charge < -0.3 is 19.0 Å². The Morgan fingerprint density at radius 3 is 2.06 bits per heavy atom. The summed E-state index contributed by atoms with van der Waals surface area (Å²) in [5.41, 5.74) is 7.20. The second-order valence-corrected chi connectivity index (χ2v) is 7.91. The van der Waals surface area contributed by atoms with Crippen LogP contribution in [-0.4, -0.2) is 36.7 Å². The van der Waals surface area contributed by atoms with Crippen molar-refractivity contribution >= 4 is 8.80 Å². The first kappa shape index (κ1) is 15.9. The summed E-state index contributed by atoms with van der Waals surface area (Å²) in [5, 5.41) is 1.21. The number of allylic oxidation sites excluding steroid dienone is 1. The van der Waals surface area contributed by atoms with Gasteiger partial charge in [-0.3, -0.25) is 0 Å². The monoisotopic (exact) mass is 273 g/mol. The van der Waals surface area contributed by atoms with Crippen LogP contribution in [0.5, 0.6) is 0 Å². The van der Waals surface area contributed by atoms with Crippen molar-refractivity contribution in [3.05, 3.63) is 10.8 Å². The molecule has 1 aliphatic carbocycles. The van der Waals surface area contributed by atoms with E-state index in [0.29, 0.717) is 6.54 Å². The Hall–Kier alpha value is -0.203. The van der Waals surface area contributed by atoms with Crippen LogP contribution < -0.4 is 5.73 Å². The third kappa shape index (κ3) is 3.42. The maximum absolute atomic E-state index is 5.75. The van der Waals surface area contributed by atoms with Crippen molar-refractivity contribution in [2.75, 3.05) is 27.9 Å². The van der Waals surface area contributed by atoms with E-state index >= 15 is 0 Å². The fraction of sp³-hybridized carbons (Fsp3) is 0.846. The van der Waals surface area contributed by atoms with Gasteiger partial charge in [0, 0.05) is 26.5 Å². The van der Waals surface area contributed by atoms with Gasteiger partial charge >= 0.3 is 8.80 Å². The third-order valence-corrected chi connectivity index (χ3v) is 6.83. The van der Waals surface area contributed by atoms with Crippen LogP contribution in [0.2, 0.25) is 0 Å². The van der Waals surface area contributed by atoms with Crippen LogP contribution >= 0.6 is 0 Å². The lowest BCUT2D eigenvalue weighted by Gasteiger charge is -2.31. The summed E-state index contributed by atoms with van der Waals surface area (Å²) in [4.78, 5) is 0. The first-order valence-corrected chi connectivity index (χ1v) is 8.42. The fourth-order valence-corrected chi connectivity index (χ4v) is 5.10. The summed E-state index contributed by atoms with van der Waals surface area (Å²) in [5.74, 6) is 0.816. The van der Waals surface area contributed by atoms with E-state index in [9.17, 15) is 0 Å². The van der Waals surface area contributed by atoms with Crippen molar-refractivity contribution in [3.63, 3.8) is 0 Å². The van der Waals surface area contributed by atoms with E-state index in [-0.39, 0.29) is 0 Å². The molecule has 1 fully saturated rings. The van der Waals surface area contributed by atoms with Gasteiger partial charge in [-0.1, -0.05) is 12.5 Å². The molecule has 106 valence electrons. The first-order chi connectivity index (χ1) is 8.63. The highest BCUT2D eigenvalue weighted by molar-refractivity contribution is 6.68. The predicted molar refractivity (Wildman–Crippen MR) is 75.1 cm³/mol. The summed E-state index contributed by atoms with van der Waals surface area (Å²) in [7, 11) is 2.33. The molecule has 0 heterocycles. The topological polar surface area (TPSA) is 53.7 Å². The molecule has 0 spiro atoms.